The first kappa shape index (κ1) is 135. The van der Waals surface area contributed by atoms with Crippen molar-refractivity contribution in [2.45, 2.75) is 228 Å². The second-order valence-electron chi connectivity index (χ2n) is 26.3. The predicted molar refractivity (Wildman–Crippen MR) is 437 cm³/mol. The molecule has 0 radical (unpaired) electrons. The number of nitrogens with zero attached hydrogens (tertiary/aromatic N) is 7. The van der Waals surface area contributed by atoms with Crippen molar-refractivity contribution < 1.29 is 236 Å². The van der Waals surface area contributed by atoms with Gasteiger partial charge in [0.15, 0.2) is 0 Å². The zero-order valence-electron chi connectivity index (χ0n) is 73.2. The molecule has 0 rings (SSSR count). The summed E-state index contributed by atoms with van der Waals surface area (Å²) in [5.41, 5.74) is 10.6. The number of unbranched alkanes of at least 4 members (excludes halogenated alkanes) is 10. The molecule has 23 N–H and O–H groups in total. The molecule has 790 valence electrons. The average Bonchev–Trinajstić information content (AvgIpc) is 0.947. The van der Waals surface area contributed by atoms with Gasteiger partial charge in [0, 0.05) is 51.6 Å². The van der Waals surface area contributed by atoms with Crippen LogP contribution in [0, 0.1) is 70.8 Å². The highest BCUT2D eigenvalue weighted by Crippen LogP contribution is 2.08. The van der Waals surface area contributed by atoms with Crippen molar-refractivity contribution in [1.82, 2.24) is 37.2 Å². The molecule has 7 unspecified atom stereocenters. The molecule has 0 bridgehead atoms. The Balaban J connectivity index is -0.000000291. The number of carboxylic acid groups (broad SMARTS) is 12. The summed E-state index contributed by atoms with van der Waals surface area (Å²) in [6.45, 7) is -0.241. The second kappa shape index (κ2) is 87.3. The second-order valence-corrected chi connectivity index (χ2v) is 26.3. The van der Waals surface area contributed by atoms with E-state index in [2.05, 4.69) is 64.6 Å². The molecule has 0 aromatic rings. The Morgan fingerprint density at radius 1 is 0.239 bits per heavy atom. The summed E-state index contributed by atoms with van der Waals surface area (Å²) < 4.78 is 14.0. The highest BCUT2D eigenvalue weighted by atomic mass is 17.0. The van der Waals surface area contributed by atoms with E-state index in [9.17, 15) is 162 Å². The first-order valence-corrected chi connectivity index (χ1v) is 40.0. The Morgan fingerprint density at radius 2 is 0.449 bits per heavy atom. The maximum atomic E-state index is 11.4. The van der Waals surface area contributed by atoms with Gasteiger partial charge >= 0.3 is 89.9 Å². The summed E-state index contributed by atoms with van der Waals surface area (Å²) in [5, 5.41) is 180. The lowest BCUT2D eigenvalue weighted by Crippen LogP contribution is -2.42. The van der Waals surface area contributed by atoms with Crippen LogP contribution in [-0.4, -0.2) is 332 Å². The van der Waals surface area contributed by atoms with Crippen LogP contribution >= 0.6 is 0 Å². The summed E-state index contributed by atoms with van der Waals surface area (Å²) in [6.07, 6.45) is 0.562. The largest absolute Gasteiger partial charge is 0.481 e. The van der Waals surface area contributed by atoms with Crippen molar-refractivity contribution in [2.24, 2.45) is 11.5 Å². The van der Waals surface area contributed by atoms with Gasteiger partial charge in [0.1, 0.15) is 30.2 Å². The van der Waals surface area contributed by atoms with Gasteiger partial charge in [-0.25, -0.2) is 38.4 Å². The fourth-order valence-corrected chi connectivity index (χ4v) is 8.55. The van der Waals surface area contributed by atoms with E-state index in [4.69, 9.17) is 77.5 Å². The lowest BCUT2D eigenvalue weighted by atomic mass is 10.1. The number of nitrogens with two attached hydrogens (primary N) is 2. The average molecular weight is 2020 g/mol. The summed E-state index contributed by atoms with van der Waals surface area (Å²) in [5.74, 6) is -17.8. The molecule has 71 heteroatoms. The third kappa shape index (κ3) is 105. The van der Waals surface area contributed by atoms with Gasteiger partial charge in [-0.15, -0.1) is 70.8 Å². The molecule has 0 spiro atoms. The number of ether oxygens (including phenoxy) is 3. The molecule has 0 fully saturated rings. The molecule has 0 aliphatic carbocycles. The first-order chi connectivity index (χ1) is 64.5. The normalized spacial score (nSPS) is 11.4. The number of aliphatic carboxylic acids is 12. The van der Waals surface area contributed by atoms with E-state index < -0.39 is 230 Å². The Morgan fingerprint density at radius 3 is 0.710 bits per heavy atom. The van der Waals surface area contributed by atoms with E-state index in [0.717, 1.165) is 12.8 Å². The number of hydrogen-bond donors (Lipinski definition) is 21. The number of amides is 7. The molecule has 71 nitrogen and oxygen atoms in total. The van der Waals surface area contributed by atoms with Crippen LogP contribution in [0.3, 0.4) is 0 Å². The molecule has 0 aliphatic heterocycles. The standard InChI is InChI=1S/C12H20N2O9.C10H19N3O6.C10H16N2O9.C10H16N2O8.C9H14N2O9.C8H15N3O6.C8H12N2O8/c15-10(16)6-5-9(11(17)18)13-12(19)22-7-3-1-2-4-8-23-14(20)21;11-8(7-9(14)15)10(16)12-5-3-1-2-4-6-19-13(17)18;13-8(14)4-3-7(9(15)16)11-10(17)20-5-1-2-6-21-12(18)19;13-8(4-2-1-3-5-20-12(18)19)11-7(10(16)17)6-9(14)15;12-7(13)3-2-6(8(14)15)10-9(16)19-4-1-5-20-11(17)18;9-6(5-7(12)13)8(14)10-3-1-2-4-17-11(15)16;11-6(2-1-3-18-10(16)17)9-5(8(14)15)4-7(12)13/h9H,1-8H2,(H,13,19)(H,15,16)(H,17,18);8H,1-7,11H2,(H,12,16)(H,14,15);7H,1-6H2,(H,11,17)(H,13,14)(H,15,16);7H,1-6H2,(H,11,13)(H,14,15)(H,16,17);6H,1-5H2,(H,10,16)(H,12,13)(H,14,15);6H,1-5,9H2,(H,10,14)(H,12,13);5H,1-4H2,(H,9,11)(H,12,13)(H,14,15). The Hall–Kier alpha value is -16.3. The molecule has 0 aromatic carbocycles. The van der Waals surface area contributed by atoms with Crippen molar-refractivity contribution in [2.75, 3.05) is 79.2 Å². The van der Waals surface area contributed by atoms with Crippen LogP contribution in [0.5, 0.6) is 0 Å². The van der Waals surface area contributed by atoms with Crippen molar-refractivity contribution in [1.29, 1.82) is 0 Å². The molecule has 0 heterocycles. The van der Waals surface area contributed by atoms with Crippen molar-refractivity contribution in [3.8, 4) is 0 Å². The Bertz CT molecular complexity index is 3790. The number of hydrogen-bond acceptors (Lipinski definition) is 45. The third-order valence-electron chi connectivity index (χ3n) is 15.0. The lowest BCUT2D eigenvalue weighted by molar-refractivity contribution is -0.757. The monoisotopic (exact) mass is 2020 g/mol. The van der Waals surface area contributed by atoms with Crippen molar-refractivity contribution >= 4 is 114 Å². The fraction of sp³-hybridized carbons (Fsp3) is 0.716. The van der Waals surface area contributed by atoms with Crippen LogP contribution in [-0.2, 0) is 125 Å². The molecule has 7 atom stereocenters. The minimum absolute atomic E-state index is 0.0121. The van der Waals surface area contributed by atoms with E-state index in [1.807, 2.05) is 16.0 Å². The van der Waals surface area contributed by atoms with Crippen LogP contribution in [0.15, 0.2) is 0 Å². The van der Waals surface area contributed by atoms with Crippen LogP contribution < -0.4 is 48.7 Å². The third-order valence-corrected chi connectivity index (χ3v) is 15.0. The molecule has 7 amide bonds. The topological polar surface area (TPSA) is 1100 Å². The fourth-order valence-electron chi connectivity index (χ4n) is 8.55. The number of carbonyl (C=O) groups excluding carboxylic acids is 7. The maximum Gasteiger partial charge on any atom is 0.407 e. The smallest absolute Gasteiger partial charge is 0.407 e. The summed E-state index contributed by atoms with van der Waals surface area (Å²) in [4.78, 5) is 302. The van der Waals surface area contributed by atoms with Crippen LogP contribution in [0.1, 0.15) is 186 Å². The van der Waals surface area contributed by atoms with Gasteiger partial charge in [-0.05, 0) is 96.3 Å². The minimum Gasteiger partial charge on any atom is -0.481 e. The van der Waals surface area contributed by atoms with Gasteiger partial charge in [0.25, 0.3) is 35.6 Å². The van der Waals surface area contributed by atoms with Crippen molar-refractivity contribution in [3.63, 3.8) is 0 Å². The van der Waals surface area contributed by atoms with Crippen LogP contribution in [0.4, 0.5) is 14.4 Å². The highest BCUT2D eigenvalue weighted by Gasteiger charge is 2.28. The zero-order chi connectivity index (χ0) is 107. The number of rotatable bonds is 74. The SMILES string of the molecule is NC(CC(=O)O)C(=O)NCCCCCCO[N+](=O)[O-].NC(CC(=O)O)C(=O)NCCCCO[N+](=O)[O-].O=C(O)CC(NC(=O)CCCCCO[N+](=O)[O-])C(=O)O.O=C(O)CC(NC(=O)CCCO[N+](=O)[O-])C(=O)O.O=C(O)CCC(NC(=O)OCCCCCCO[N+](=O)[O-])C(=O)O.O=C(O)CCC(NC(=O)OCCCCO[N+](=O)[O-])C(=O)O.O=C(O)CCC(NC(=O)OCCCO[N+](=O)[O-])C(=O)O. The quantitative estimate of drug-likeness (QED) is 0.0133. The van der Waals surface area contributed by atoms with E-state index in [-0.39, 0.29) is 130 Å². The minimum atomic E-state index is -1.52. The number of carbonyl (C=O) groups is 19. The molecular formula is C67H112N16O55. The Labute approximate surface area is 774 Å². The first-order valence-electron chi connectivity index (χ1n) is 40.0. The molecular weight excluding hydrogens is 1910 g/mol. The summed E-state index contributed by atoms with van der Waals surface area (Å²) in [6, 6.07) is -9.16. The van der Waals surface area contributed by atoms with E-state index in [0.29, 0.717) is 83.6 Å². The predicted octanol–water partition coefficient (Wildman–Crippen LogP) is -2.17. The molecule has 0 aliphatic rings. The lowest BCUT2D eigenvalue weighted by Gasteiger charge is -2.13. The van der Waals surface area contributed by atoms with Gasteiger partial charge in [0.2, 0.25) is 23.6 Å². The van der Waals surface area contributed by atoms with Gasteiger partial charge in [-0.2, -0.15) is 0 Å². The summed E-state index contributed by atoms with van der Waals surface area (Å²) >= 11 is 0. The number of alkyl carbamates (subject to hydrolysis) is 3. The number of nitrogens with one attached hydrogen (secondary N) is 7. The molecule has 138 heavy (non-hydrogen) atoms. The van der Waals surface area contributed by atoms with E-state index in [1.165, 1.54) is 0 Å². The van der Waals surface area contributed by atoms with E-state index >= 15 is 0 Å². The van der Waals surface area contributed by atoms with Gasteiger partial charge in [-0.3, -0.25) is 52.7 Å². The van der Waals surface area contributed by atoms with Gasteiger partial charge in [-0.1, -0.05) is 25.7 Å². The highest BCUT2D eigenvalue weighted by molar-refractivity contribution is 5.89. The zero-order valence-corrected chi connectivity index (χ0v) is 73.2. The summed E-state index contributed by atoms with van der Waals surface area (Å²) in [7, 11) is 0. The molecule has 0 saturated heterocycles. The Kier molecular flexibility index (Phi) is 85.2. The van der Waals surface area contributed by atoms with Gasteiger partial charge in [0.05, 0.1) is 104 Å². The maximum absolute atomic E-state index is 11.4. The van der Waals surface area contributed by atoms with Crippen LogP contribution in [0.2, 0.25) is 0 Å². The van der Waals surface area contributed by atoms with Crippen LogP contribution in [0.25, 0.3) is 0 Å². The van der Waals surface area contributed by atoms with Gasteiger partial charge < -0.3 is 158 Å². The molecule has 0 aromatic heterocycles. The van der Waals surface area contributed by atoms with Crippen molar-refractivity contribution in [3.05, 3.63) is 70.8 Å². The molecule has 0 saturated carbocycles. The number of carboxylic acids is 12. The van der Waals surface area contributed by atoms with E-state index in [1.54, 1.807) is 0 Å².